The Bertz CT molecular complexity index is 445. The smallest absolute Gasteiger partial charge is 0.228 e. The van der Waals surface area contributed by atoms with Gasteiger partial charge in [0, 0.05) is 32.1 Å². The highest BCUT2D eigenvalue weighted by atomic mass is 16.5. The molecule has 0 aromatic heterocycles. The van der Waals surface area contributed by atoms with Gasteiger partial charge in [0.25, 0.3) is 0 Å². The van der Waals surface area contributed by atoms with Crippen LogP contribution in [0.25, 0.3) is 0 Å². The number of carbonyl (C=O) groups excluding carboxylic acids is 1. The summed E-state index contributed by atoms with van der Waals surface area (Å²) in [5.41, 5.74) is 1.21. The number of amides is 1. The van der Waals surface area contributed by atoms with Gasteiger partial charge in [0.15, 0.2) is 0 Å². The van der Waals surface area contributed by atoms with Gasteiger partial charge in [0.2, 0.25) is 5.91 Å². The molecule has 4 heteroatoms. The Morgan fingerprint density at radius 1 is 1.30 bits per heavy atom. The highest BCUT2D eigenvalue weighted by molar-refractivity contribution is 5.80. The van der Waals surface area contributed by atoms with Gasteiger partial charge in [-0.15, -0.1) is 0 Å². The Kier molecular flexibility index (Phi) is 4.33. The molecule has 0 spiro atoms. The first kappa shape index (κ1) is 13.6. The quantitative estimate of drug-likeness (QED) is 0.879. The normalized spacial score (nSPS) is 22.8. The van der Waals surface area contributed by atoms with Crippen LogP contribution in [0, 0.1) is 11.8 Å². The van der Waals surface area contributed by atoms with Crippen LogP contribution in [-0.2, 0) is 16.1 Å². The minimum atomic E-state index is 0.221. The standard InChI is InChI=1S/C16H22N2O2/c19-16(15-8-17-9-15)18-7-6-14(10-18)12-20-11-13-4-2-1-3-5-13/h1-5,14-15,17H,6-12H2. The lowest BCUT2D eigenvalue weighted by Crippen LogP contribution is -2.51. The summed E-state index contributed by atoms with van der Waals surface area (Å²) < 4.78 is 5.78. The predicted molar refractivity (Wildman–Crippen MR) is 77.1 cm³/mol. The van der Waals surface area contributed by atoms with Gasteiger partial charge < -0.3 is 15.0 Å². The fourth-order valence-corrected chi connectivity index (χ4v) is 2.81. The highest BCUT2D eigenvalue weighted by Crippen LogP contribution is 2.20. The highest BCUT2D eigenvalue weighted by Gasteiger charge is 2.33. The van der Waals surface area contributed by atoms with E-state index < -0.39 is 0 Å². The maximum Gasteiger partial charge on any atom is 0.228 e. The van der Waals surface area contributed by atoms with Gasteiger partial charge in [-0.05, 0) is 12.0 Å². The maximum atomic E-state index is 12.1. The Morgan fingerprint density at radius 2 is 2.10 bits per heavy atom. The second kappa shape index (κ2) is 6.37. The minimum absolute atomic E-state index is 0.221. The molecule has 1 unspecified atom stereocenters. The topological polar surface area (TPSA) is 41.6 Å². The third-order valence-electron chi connectivity index (χ3n) is 4.19. The predicted octanol–water partition coefficient (Wildman–Crippen LogP) is 1.27. The van der Waals surface area contributed by atoms with Crippen LogP contribution in [0.15, 0.2) is 30.3 Å². The van der Waals surface area contributed by atoms with Crippen LogP contribution in [-0.4, -0.2) is 43.6 Å². The molecule has 0 aliphatic carbocycles. The van der Waals surface area contributed by atoms with Gasteiger partial charge in [0.1, 0.15) is 0 Å². The van der Waals surface area contributed by atoms with E-state index in [4.69, 9.17) is 4.74 Å². The number of hydrogen-bond acceptors (Lipinski definition) is 3. The van der Waals surface area contributed by atoms with E-state index in [2.05, 4.69) is 17.4 Å². The molecule has 0 bridgehead atoms. The summed E-state index contributed by atoms with van der Waals surface area (Å²) in [6.07, 6.45) is 1.07. The van der Waals surface area contributed by atoms with E-state index >= 15 is 0 Å². The summed E-state index contributed by atoms with van der Waals surface area (Å²) >= 11 is 0. The van der Waals surface area contributed by atoms with E-state index in [0.717, 1.165) is 39.2 Å². The monoisotopic (exact) mass is 274 g/mol. The van der Waals surface area contributed by atoms with Crippen molar-refractivity contribution < 1.29 is 9.53 Å². The Labute approximate surface area is 120 Å². The number of nitrogens with one attached hydrogen (secondary N) is 1. The number of nitrogens with zero attached hydrogens (tertiary/aromatic N) is 1. The van der Waals surface area contributed by atoms with Crippen molar-refractivity contribution in [3.63, 3.8) is 0 Å². The summed E-state index contributed by atoms with van der Waals surface area (Å²) in [5, 5.41) is 3.16. The van der Waals surface area contributed by atoms with E-state index in [-0.39, 0.29) is 5.92 Å². The lowest BCUT2D eigenvalue weighted by atomic mass is 10.0. The van der Waals surface area contributed by atoms with Crippen LogP contribution >= 0.6 is 0 Å². The summed E-state index contributed by atoms with van der Waals surface area (Å²) in [6, 6.07) is 10.2. The van der Waals surface area contributed by atoms with Gasteiger partial charge in [-0.3, -0.25) is 4.79 Å². The van der Waals surface area contributed by atoms with E-state index in [1.807, 2.05) is 23.1 Å². The SMILES string of the molecule is O=C(C1CNC1)N1CCC(COCc2ccccc2)C1. The zero-order chi connectivity index (χ0) is 13.8. The second-order valence-corrected chi connectivity index (χ2v) is 5.79. The number of hydrogen-bond donors (Lipinski definition) is 1. The second-order valence-electron chi connectivity index (χ2n) is 5.79. The third kappa shape index (κ3) is 3.19. The lowest BCUT2D eigenvalue weighted by Gasteiger charge is -2.30. The van der Waals surface area contributed by atoms with Crippen molar-refractivity contribution in [2.24, 2.45) is 11.8 Å². The van der Waals surface area contributed by atoms with E-state index in [0.29, 0.717) is 18.4 Å². The Morgan fingerprint density at radius 3 is 2.80 bits per heavy atom. The molecule has 2 aliphatic heterocycles. The number of likely N-dealkylation sites (tertiary alicyclic amines) is 1. The summed E-state index contributed by atoms with van der Waals surface area (Å²) in [5.74, 6) is 1.05. The number of ether oxygens (including phenoxy) is 1. The molecule has 1 amide bonds. The molecule has 20 heavy (non-hydrogen) atoms. The molecule has 1 aromatic carbocycles. The molecule has 0 radical (unpaired) electrons. The van der Waals surface area contributed by atoms with E-state index in [1.54, 1.807) is 0 Å². The van der Waals surface area contributed by atoms with Crippen molar-refractivity contribution in [2.75, 3.05) is 32.8 Å². The number of carbonyl (C=O) groups is 1. The van der Waals surface area contributed by atoms with E-state index in [9.17, 15) is 4.79 Å². The molecule has 2 aliphatic rings. The maximum absolute atomic E-state index is 12.1. The molecule has 1 atom stereocenters. The van der Waals surface area contributed by atoms with Crippen molar-refractivity contribution >= 4 is 5.91 Å². The first-order valence-corrected chi connectivity index (χ1v) is 7.44. The van der Waals surface area contributed by atoms with Crippen molar-refractivity contribution in [1.29, 1.82) is 0 Å². The molecule has 1 N–H and O–H groups in total. The fourth-order valence-electron chi connectivity index (χ4n) is 2.81. The zero-order valence-electron chi connectivity index (χ0n) is 11.8. The molecule has 0 saturated carbocycles. The van der Waals surface area contributed by atoms with Crippen molar-refractivity contribution in [1.82, 2.24) is 10.2 Å². The molecular weight excluding hydrogens is 252 g/mol. The summed E-state index contributed by atoms with van der Waals surface area (Å²) in [6.45, 7) is 4.88. The largest absolute Gasteiger partial charge is 0.376 e. The van der Waals surface area contributed by atoms with Crippen LogP contribution in [0.1, 0.15) is 12.0 Å². The Hall–Kier alpha value is -1.39. The van der Waals surface area contributed by atoms with Crippen molar-refractivity contribution in [2.45, 2.75) is 13.0 Å². The van der Waals surface area contributed by atoms with Crippen molar-refractivity contribution in [3.8, 4) is 0 Å². The van der Waals surface area contributed by atoms with Gasteiger partial charge in [0.05, 0.1) is 19.1 Å². The average Bonchev–Trinajstić information content (AvgIpc) is 2.87. The van der Waals surface area contributed by atoms with Crippen LogP contribution in [0.5, 0.6) is 0 Å². The van der Waals surface area contributed by atoms with Gasteiger partial charge in [-0.2, -0.15) is 0 Å². The molecule has 1 aromatic rings. The number of benzene rings is 1. The molecule has 2 heterocycles. The molecule has 2 fully saturated rings. The molecule has 108 valence electrons. The Balaban J connectivity index is 1.38. The average molecular weight is 274 g/mol. The molecule has 4 nitrogen and oxygen atoms in total. The summed E-state index contributed by atoms with van der Waals surface area (Å²) in [7, 11) is 0. The van der Waals surface area contributed by atoms with Crippen LogP contribution in [0.4, 0.5) is 0 Å². The first-order chi connectivity index (χ1) is 9.83. The lowest BCUT2D eigenvalue weighted by molar-refractivity contribution is -0.136. The zero-order valence-corrected chi connectivity index (χ0v) is 11.8. The molecule has 3 rings (SSSR count). The van der Waals surface area contributed by atoms with Crippen LogP contribution < -0.4 is 5.32 Å². The molecular formula is C16H22N2O2. The van der Waals surface area contributed by atoms with Gasteiger partial charge >= 0.3 is 0 Å². The van der Waals surface area contributed by atoms with Crippen LogP contribution in [0.2, 0.25) is 0 Å². The van der Waals surface area contributed by atoms with Crippen LogP contribution in [0.3, 0.4) is 0 Å². The number of rotatable bonds is 5. The molecule has 2 saturated heterocycles. The fraction of sp³-hybridized carbons (Fsp3) is 0.562. The first-order valence-electron chi connectivity index (χ1n) is 7.44. The summed E-state index contributed by atoms with van der Waals surface area (Å²) in [4.78, 5) is 14.1. The van der Waals surface area contributed by atoms with Crippen molar-refractivity contribution in [3.05, 3.63) is 35.9 Å². The van der Waals surface area contributed by atoms with Gasteiger partial charge in [-0.1, -0.05) is 30.3 Å². The third-order valence-corrected chi connectivity index (χ3v) is 4.19. The van der Waals surface area contributed by atoms with Gasteiger partial charge in [-0.25, -0.2) is 0 Å². The minimum Gasteiger partial charge on any atom is -0.376 e. The van der Waals surface area contributed by atoms with E-state index in [1.165, 1.54) is 5.56 Å².